The number of para-hydroxylation sites is 1. The minimum Gasteiger partial charge on any atom is -0.363 e. The van der Waals surface area contributed by atoms with Gasteiger partial charge in [0, 0.05) is 67.3 Å². The second kappa shape index (κ2) is 12.7. The predicted molar refractivity (Wildman–Crippen MR) is 173 cm³/mol. The number of anilines is 1. The Hall–Kier alpha value is -4.03. The Balaban J connectivity index is 1.09. The van der Waals surface area contributed by atoms with E-state index in [1.165, 1.54) is 5.69 Å². The van der Waals surface area contributed by atoms with Gasteiger partial charge in [0.1, 0.15) is 0 Å². The van der Waals surface area contributed by atoms with Crippen molar-refractivity contribution in [3.05, 3.63) is 114 Å². The number of hydrogen-bond donors (Lipinski definition) is 0. The number of rotatable bonds is 7. The summed E-state index contributed by atoms with van der Waals surface area (Å²) < 4.78 is 0. The number of H-pyrrole nitrogens is 1. The molecule has 1 amide bonds. The number of carbonyl (C=O) groups excluding carboxylic acids is 1. The lowest BCUT2D eigenvalue weighted by Gasteiger charge is -2.50. The molecule has 0 unspecified atom stereocenters. The Bertz CT molecular complexity index is 1490. The van der Waals surface area contributed by atoms with Crippen LogP contribution in [-0.4, -0.2) is 58.5 Å². The molecule has 4 aromatic rings. The third-order valence-corrected chi connectivity index (χ3v) is 9.74. The van der Waals surface area contributed by atoms with Gasteiger partial charge in [0.25, 0.3) is 5.91 Å². The summed E-state index contributed by atoms with van der Waals surface area (Å²) in [6, 6.07) is 25.9. The highest BCUT2D eigenvalue weighted by atomic mass is 16.2. The smallest absolute Gasteiger partial charge is 0.254 e. The molecule has 0 radical (unpaired) electrons. The van der Waals surface area contributed by atoms with Crippen LogP contribution in [0.5, 0.6) is 0 Å². The minimum absolute atomic E-state index is 0.124. The van der Waals surface area contributed by atoms with Crippen LogP contribution < -0.4 is 9.88 Å². The summed E-state index contributed by atoms with van der Waals surface area (Å²) in [6.45, 7) is 11.2. The van der Waals surface area contributed by atoms with E-state index in [4.69, 9.17) is 0 Å². The Morgan fingerprint density at radius 2 is 1.53 bits per heavy atom. The van der Waals surface area contributed by atoms with Gasteiger partial charge in [-0.1, -0.05) is 36.4 Å². The number of aryl methyl sites for hydroxylation is 2. The van der Waals surface area contributed by atoms with E-state index in [2.05, 4.69) is 112 Å². The Morgan fingerprint density at radius 3 is 2.16 bits per heavy atom. The van der Waals surface area contributed by atoms with Gasteiger partial charge in [-0.2, -0.15) is 0 Å². The van der Waals surface area contributed by atoms with Crippen LogP contribution in [0, 0.1) is 13.8 Å². The van der Waals surface area contributed by atoms with Crippen molar-refractivity contribution < 1.29 is 9.78 Å². The molecule has 0 atom stereocenters. The van der Waals surface area contributed by atoms with Crippen molar-refractivity contribution in [2.24, 2.45) is 0 Å². The van der Waals surface area contributed by atoms with E-state index in [0.29, 0.717) is 6.04 Å². The van der Waals surface area contributed by atoms with Crippen molar-refractivity contribution in [1.82, 2.24) is 14.8 Å². The highest BCUT2D eigenvalue weighted by molar-refractivity contribution is 5.98. The summed E-state index contributed by atoms with van der Waals surface area (Å²) in [5.74, 6) is 0.178. The first-order chi connectivity index (χ1) is 20.9. The van der Waals surface area contributed by atoms with E-state index < -0.39 is 0 Å². The maximum absolute atomic E-state index is 13.8. The van der Waals surface area contributed by atoms with Crippen molar-refractivity contribution in [2.45, 2.75) is 64.6 Å². The highest BCUT2D eigenvalue weighted by Gasteiger charge is 2.39. The number of pyridine rings is 2. The van der Waals surface area contributed by atoms with E-state index in [9.17, 15) is 4.79 Å². The van der Waals surface area contributed by atoms with Crippen LogP contribution in [0.2, 0.25) is 0 Å². The lowest BCUT2D eigenvalue weighted by molar-refractivity contribution is -0.377. The van der Waals surface area contributed by atoms with Gasteiger partial charge in [-0.15, -0.1) is 0 Å². The van der Waals surface area contributed by atoms with Crippen LogP contribution >= 0.6 is 0 Å². The minimum atomic E-state index is 0.124. The maximum Gasteiger partial charge on any atom is 0.254 e. The molecule has 2 aromatic heterocycles. The van der Waals surface area contributed by atoms with Crippen molar-refractivity contribution in [2.75, 3.05) is 31.1 Å². The molecule has 0 bridgehead atoms. The molecule has 6 heteroatoms. The number of piperidine rings is 2. The average molecular weight is 575 g/mol. The normalized spacial score (nSPS) is 17.5. The molecule has 1 N–H and O–H groups in total. The Kier molecular flexibility index (Phi) is 8.57. The average Bonchev–Trinajstić information content (AvgIpc) is 3.05. The quantitative estimate of drug-likeness (QED) is 0.258. The van der Waals surface area contributed by atoms with Crippen molar-refractivity contribution in [1.29, 1.82) is 0 Å². The topological polar surface area (TPSA) is 53.8 Å². The monoisotopic (exact) mass is 574 g/mol. The van der Waals surface area contributed by atoms with Crippen LogP contribution in [0.4, 0.5) is 5.69 Å². The van der Waals surface area contributed by atoms with Crippen LogP contribution in [0.3, 0.4) is 0 Å². The standard InChI is InChI=1S/C37H43N5O/c1-28-25-31(30-12-19-38-20-13-30)26-29(2)35(28)36(43)40-23-16-37(3,17-24-40)41-21-14-34(15-22-41)42(33-10-5-4-6-11-33)27-32-9-7-8-18-39-32/h4-13,18-20,25-26,34H,14-17,21-24,27H2,1-3H3/p+1. The van der Waals surface area contributed by atoms with E-state index in [0.717, 1.165) is 91.9 Å². The van der Waals surface area contributed by atoms with Gasteiger partial charge < -0.3 is 9.80 Å². The molecule has 0 spiro atoms. The summed E-state index contributed by atoms with van der Waals surface area (Å²) in [7, 11) is 0. The molecule has 2 aliphatic heterocycles. The largest absolute Gasteiger partial charge is 0.363 e. The second-order valence-corrected chi connectivity index (χ2v) is 12.6. The molecule has 2 aliphatic rings. The Morgan fingerprint density at radius 1 is 0.884 bits per heavy atom. The van der Waals surface area contributed by atoms with E-state index >= 15 is 0 Å². The molecule has 2 saturated heterocycles. The highest BCUT2D eigenvalue weighted by Crippen LogP contribution is 2.35. The number of carbonyl (C=O) groups is 1. The molecule has 6 rings (SSSR count). The van der Waals surface area contributed by atoms with Gasteiger partial charge in [-0.3, -0.25) is 14.7 Å². The number of hydrogen-bond acceptors (Lipinski definition) is 4. The summed E-state index contributed by atoms with van der Waals surface area (Å²) in [6.07, 6.45) is 10.0. The summed E-state index contributed by atoms with van der Waals surface area (Å²) in [4.78, 5) is 28.8. The number of amides is 1. The van der Waals surface area contributed by atoms with E-state index in [1.807, 2.05) is 24.7 Å². The van der Waals surface area contributed by atoms with Gasteiger partial charge in [-0.25, -0.2) is 4.98 Å². The molecule has 0 saturated carbocycles. The fourth-order valence-electron chi connectivity index (χ4n) is 7.15. The van der Waals surface area contributed by atoms with Crippen molar-refractivity contribution >= 4 is 11.6 Å². The summed E-state index contributed by atoms with van der Waals surface area (Å²) >= 11 is 0. The molecular formula is C37H44N5O+. The SMILES string of the molecule is Cc1cc(-c2cc[nH+]cc2)cc(C)c1C(=O)N1CCC(C)(N2CCC(N(Cc3ccccn3)c3ccccc3)CC2)CC1. The second-order valence-electron chi connectivity index (χ2n) is 12.6. The molecule has 222 valence electrons. The van der Waals surface area contributed by atoms with Crippen LogP contribution in [0.25, 0.3) is 11.1 Å². The molecular weight excluding hydrogens is 530 g/mol. The number of aromatic nitrogens is 2. The van der Waals surface area contributed by atoms with Crippen molar-refractivity contribution in [3.63, 3.8) is 0 Å². The first-order valence-corrected chi connectivity index (χ1v) is 15.7. The summed E-state index contributed by atoms with van der Waals surface area (Å²) in [5.41, 5.74) is 7.78. The van der Waals surface area contributed by atoms with Gasteiger partial charge >= 0.3 is 0 Å². The lowest BCUT2D eigenvalue weighted by atomic mass is 9.84. The maximum atomic E-state index is 13.8. The molecule has 43 heavy (non-hydrogen) atoms. The lowest BCUT2D eigenvalue weighted by Crippen LogP contribution is -2.58. The van der Waals surface area contributed by atoms with Gasteiger partial charge in [0.2, 0.25) is 0 Å². The van der Waals surface area contributed by atoms with Gasteiger partial charge in [-0.05, 0) is 93.0 Å². The first-order valence-electron chi connectivity index (χ1n) is 15.7. The molecule has 4 heterocycles. The van der Waals surface area contributed by atoms with Crippen LogP contribution in [0.15, 0.2) is 91.4 Å². The molecule has 2 fully saturated rings. The van der Waals surface area contributed by atoms with Crippen LogP contribution in [-0.2, 0) is 6.54 Å². The third-order valence-electron chi connectivity index (χ3n) is 9.74. The number of aromatic amines is 1. The Labute approximate surface area is 256 Å². The zero-order chi connectivity index (χ0) is 29.8. The molecule has 2 aromatic carbocycles. The fraction of sp³-hybridized carbons (Fsp3) is 0.378. The zero-order valence-electron chi connectivity index (χ0n) is 25.8. The van der Waals surface area contributed by atoms with Crippen molar-refractivity contribution in [3.8, 4) is 11.1 Å². The summed E-state index contributed by atoms with van der Waals surface area (Å²) in [5, 5.41) is 0. The first kappa shape index (κ1) is 29.1. The third kappa shape index (κ3) is 6.35. The van der Waals surface area contributed by atoms with E-state index in [1.54, 1.807) is 0 Å². The predicted octanol–water partition coefficient (Wildman–Crippen LogP) is 6.35. The zero-order valence-corrected chi connectivity index (χ0v) is 25.8. The van der Waals surface area contributed by atoms with Gasteiger partial charge in [0.05, 0.1) is 12.2 Å². The van der Waals surface area contributed by atoms with E-state index in [-0.39, 0.29) is 11.4 Å². The molecule has 0 aliphatic carbocycles. The van der Waals surface area contributed by atoms with Gasteiger partial charge in [0.15, 0.2) is 12.4 Å². The van der Waals surface area contributed by atoms with Crippen LogP contribution in [0.1, 0.15) is 59.8 Å². The number of nitrogens with zero attached hydrogens (tertiary/aromatic N) is 4. The fourth-order valence-corrected chi connectivity index (χ4v) is 7.15. The molecule has 6 nitrogen and oxygen atoms in total. The number of likely N-dealkylation sites (tertiary alicyclic amines) is 2. The number of nitrogens with one attached hydrogen (secondary N) is 1. The number of benzene rings is 2.